The van der Waals surface area contributed by atoms with Gasteiger partial charge in [0.2, 0.25) is 5.89 Å². The summed E-state index contributed by atoms with van der Waals surface area (Å²) in [5, 5.41) is 8.30. The van der Waals surface area contributed by atoms with Crippen molar-refractivity contribution in [3.05, 3.63) is 60.5 Å². The number of nitrogens with zero attached hydrogens (tertiary/aromatic N) is 3. The first-order valence-corrected chi connectivity index (χ1v) is 9.96. The zero-order valence-corrected chi connectivity index (χ0v) is 16.4. The SMILES string of the molecule is O=C(OCC#CCSc1nnc(-c2ccncc2)o1)C1=C[C@H]2C=CC=C[C@H]2OC1=O. The number of fused-ring (bicyclic) bond motifs is 1. The fourth-order valence-electron chi connectivity index (χ4n) is 2.73. The van der Waals surface area contributed by atoms with Gasteiger partial charge >= 0.3 is 11.9 Å². The van der Waals surface area contributed by atoms with Crippen molar-refractivity contribution in [1.82, 2.24) is 15.2 Å². The summed E-state index contributed by atoms with van der Waals surface area (Å²) < 4.78 is 15.8. The molecule has 0 saturated heterocycles. The topological polar surface area (TPSA) is 104 Å². The molecule has 1 aliphatic heterocycles. The Balaban J connectivity index is 1.24. The number of pyridine rings is 1. The number of carbonyl (C=O) groups is 2. The molecule has 4 rings (SSSR count). The number of hydrogen-bond acceptors (Lipinski definition) is 9. The first-order valence-electron chi connectivity index (χ1n) is 8.98. The fourth-order valence-corrected chi connectivity index (χ4v) is 3.26. The van der Waals surface area contributed by atoms with Gasteiger partial charge in [-0.2, -0.15) is 0 Å². The Labute approximate surface area is 176 Å². The van der Waals surface area contributed by atoms with E-state index in [0.717, 1.165) is 5.56 Å². The maximum atomic E-state index is 12.1. The molecule has 1 aliphatic carbocycles. The lowest BCUT2D eigenvalue weighted by molar-refractivity contribution is -0.150. The molecule has 0 amide bonds. The van der Waals surface area contributed by atoms with Crippen LogP contribution in [-0.2, 0) is 19.1 Å². The van der Waals surface area contributed by atoms with Crippen molar-refractivity contribution >= 4 is 23.7 Å². The minimum Gasteiger partial charge on any atom is -0.453 e. The van der Waals surface area contributed by atoms with Crippen LogP contribution in [0.1, 0.15) is 0 Å². The number of carbonyl (C=O) groups excluding carboxylic acids is 2. The first kappa shape index (κ1) is 19.7. The van der Waals surface area contributed by atoms with Gasteiger partial charge in [-0.1, -0.05) is 47.9 Å². The van der Waals surface area contributed by atoms with Gasteiger partial charge in [-0.3, -0.25) is 4.98 Å². The largest absolute Gasteiger partial charge is 0.453 e. The maximum absolute atomic E-state index is 12.1. The number of esters is 2. The first-order chi connectivity index (χ1) is 14.7. The molecule has 0 aromatic carbocycles. The standard InChI is InChI=1S/C21H15N3O5S/c25-19(16-13-15-5-1-2-6-17(15)28-20(16)26)27-11-3-4-12-30-21-24-23-18(29-21)14-7-9-22-10-8-14/h1-2,5-10,13,15,17H,11-12H2/t15-,17-/m1/s1. The zero-order chi connectivity index (χ0) is 20.8. The number of rotatable bonds is 5. The molecule has 2 aromatic rings. The van der Waals surface area contributed by atoms with E-state index in [9.17, 15) is 9.59 Å². The molecule has 2 aliphatic rings. The zero-order valence-electron chi connectivity index (χ0n) is 15.6. The molecular formula is C21H15N3O5S. The highest BCUT2D eigenvalue weighted by Gasteiger charge is 2.33. The third-order valence-corrected chi connectivity index (χ3v) is 4.87. The van der Waals surface area contributed by atoms with Gasteiger partial charge in [-0.15, -0.1) is 10.2 Å². The predicted octanol–water partition coefficient (Wildman–Crippen LogP) is 2.36. The van der Waals surface area contributed by atoms with E-state index in [2.05, 4.69) is 27.0 Å². The van der Waals surface area contributed by atoms with E-state index in [0.29, 0.717) is 16.9 Å². The van der Waals surface area contributed by atoms with Crippen molar-refractivity contribution < 1.29 is 23.5 Å². The van der Waals surface area contributed by atoms with Crippen molar-refractivity contribution in [2.75, 3.05) is 12.4 Å². The van der Waals surface area contributed by atoms with E-state index in [1.54, 1.807) is 42.8 Å². The molecule has 150 valence electrons. The van der Waals surface area contributed by atoms with E-state index >= 15 is 0 Å². The normalized spacial score (nSPS) is 19.2. The molecule has 0 fully saturated rings. The van der Waals surface area contributed by atoms with Crippen LogP contribution in [0.25, 0.3) is 11.5 Å². The Kier molecular flexibility index (Phi) is 6.06. The van der Waals surface area contributed by atoms with Gasteiger partial charge in [0.1, 0.15) is 11.7 Å². The minimum absolute atomic E-state index is 0.109. The van der Waals surface area contributed by atoms with Crippen LogP contribution in [0.2, 0.25) is 0 Å². The summed E-state index contributed by atoms with van der Waals surface area (Å²) in [6.45, 7) is -0.139. The number of ether oxygens (including phenoxy) is 2. The molecule has 2 aromatic heterocycles. The third kappa shape index (κ3) is 4.67. The van der Waals surface area contributed by atoms with E-state index in [-0.39, 0.29) is 24.2 Å². The molecule has 30 heavy (non-hydrogen) atoms. The molecular weight excluding hydrogens is 406 g/mol. The second-order valence-electron chi connectivity index (χ2n) is 6.12. The molecule has 9 heteroatoms. The van der Waals surface area contributed by atoms with E-state index < -0.39 is 11.9 Å². The summed E-state index contributed by atoms with van der Waals surface area (Å²) >= 11 is 1.27. The molecule has 8 nitrogen and oxygen atoms in total. The monoisotopic (exact) mass is 421 g/mol. The van der Waals surface area contributed by atoms with Crippen molar-refractivity contribution in [3.63, 3.8) is 0 Å². The maximum Gasteiger partial charge on any atom is 0.346 e. The van der Waals surface area contributed by atoms with Gasteiger partial charge in [-0.25, -0.2) is 9.59 Å². The predicted molar refractivity (Wildman–Crippen MR) is 107 cm³/mol. The number of allylic oxidation sites excluding steroid dienone is 2. The molecule has 0 radical (unpaired) electrons. The Morgan fingerprint density at radius 2 is 2.00 bits per heavy atom. The fraction of sp³-hybridized carbons (Fsp3) is 0.190. The second-order valence-corrected chi connectivity index (χ2v) is 7.05. The van der Waals surface area contributed by atoms with Crippen molar-refractivity contribution in [3.8, 4) is 23.3 Å². The average Bonchev–Trinajstić information content (AvgIpc) is 3.25. The summed E-state index contributed by atoms with van der Waals surface area (Å²) in [6, 6.07) is 3.55. The van der Waals surface area contributed by atoms with Crippen LogP contribution >= 0.6 is 11.8 Å². The Hall–Kier alpha value is -3.64. The molecule has 0 saturated carbocycles. The van der Waals surface area contributed by atoms with Crippen molar-refractivity contribution in [1.29, 1.82) is 0 Å². The Bertz CT molecular complexity index is 1090. The van der Waals surface area contributed by atoms with Gasteiger partial charge in [-0.05, 0) is 18.2 Å². The highest BCUT2D eigenvalue weighted by Crippen LogP contribution is 2.25. The van der Waals surface area contributed by atoms with Crippen LogP contribution in [0.3, 0.4) is 0 Å². The molecule has 0 spiro atoms. The van der Waals surface area contributed by atoms with Crippen LogP contribution in [0.15, 0.2) is 70.1 Å². The minimum atomic E-state index is -0.748. The highest BCUT2D eigenvalue weighted by molar-refractivity contribution is 7.99. The molecule has 0 unspecified atom stereocenters. The summed E-state index contributed by atoms with van der Waals surface area (Å²) in [5.74, 6) is 4.74. The van der Waals surface area contributed by atoms with Gasteiger partial charge in [0.15, 0.2) is 6.61 Å². The number of aromatic nitrogens is 3. The number of hydrogen-bond donors (Lipinski definition) is 0. The van der Waals surface area contributed by atoms with E-state index in [4.69, 9.17) is 13.9 Å². The molecule has 0 N–H and O–H groups in total. The lowest BCUT2D eigenvalue weighted by Crippen LogP contribution is -2.33. The summed E-state index contributed by atoms with van der Waals surface area (Å²) in [7, 11) is 0. The van der Waals surface area contributed by atoms with Crippen LogP contribution in [0.5, 0.6) is 0 Å². The average molecular weight is 421 g/mol. The summed E-state index contributed by atoms with van der Waals surface area (Å²) in [6.07, 6.45) is 11.7. The quantitative estimate of drug-likeness (QED) is 0.311. The second kappa shape index (κ2) is 9.24. The molecule has 2 atom stereocenters. The van der Waals surface area contributed by atoms with Gasteiger partial charge in [0.25, 0.3) is 5.22 Å². The lowest BCUT2D eigenvalue weighted by atomic mass is 9.93. The van der Waals surface area contributed by atoms with Crippen LogP contribution < -0.4 is 0 Å². The van der Waals surface area contributed by atoms with Gasteiger partial charge in [0, 0.05) is 23.9 Å². The number of thioether (sulfide) groups is 1. The molecule has 3 heterocycles. The summed E-state index contributed by atoms with van der Waals surface area (Å²) in [5.41, 5.74) is 0.672. The van der Waals surface area contributed by atoms with Crippen LogP contribution in [0.4, 0.5) is 0 Å². The van der Waals surface area contributed by atoms with Gasteiger partial charge in [0.05, 0.1) is 5.75 Å². The van der Waals surface area contributed by atoms with Crippen LogP contribution in [0, 0.1) is 17.8 Å². The Morgan fingerprint density at radius 1 is 1.17 bits per heavy atom. The van der Waals surface area contributed by atoms with E-state index in [1.807, 2.05) is 12.2 Å². The smallest absolute Gasteiger partial charge is 0.346 e. The third-order valence-electron chi connectivity index (χ3n) is 4.17. The van der Waals surface area contributed by atoms with Gasteiger partial charge < -0.3 is 13.9 Å². The molecule has 0 bridgehead atoms. The van der Waals surface area contributed by atoms with Crippen molar-refractivity contribution in [2.45, 2.75) is 11.3 Å². The Morgan fingerprint density at radius 3 is 2.87 bits per heavy atom. The van der Waals surface area contributed by atoms with Crippen LogP contribution in [-0.4, -0.2) is 45.6 Å². The van der Waals surface area contributed by atoms with E-state index in [1.165, 1.54) is 11.8 Å². The highest BCUT2D eigenvalue weighted by atomic mass is 32.2. The lowest BCUT2D eigenvalue weighted by Gasteiger charge is -2.26. The van der Waals surface area contributed by atoms with Crippen molar-refractivity contribution in [2.24, 2.45) is 5.92 Å². The summed E-state index contributed by atoms with van der Waals surface area (Å²) in [4.78, 5) is 28.0.